The molecular formula is C74H96Br2Cl2N10O9. The summed E-state index contributed by atoms with van der Waals surface area (Å²) in [7, 11) is 0. The van der Waals surface area contributed by atoms with E-state index in [-0.39, 0.29) is 43.0 Å². The lowest BCUT2D eigenvalue weighted by Crippen LogP contribution is -2.57. The van der Waals surface area contributed by atoms with E-state index in [1.165, 1.54) is 39.1 Å². The second-order valence-electron chi connectivity index (χ2n) is 29.4. The lowest BCUT2D eigenvalue weighted by Gasteiger charge is -2.44. The van der Waals surface area contributed by atoms with E-state index >= 15 is 0 Å². The van der Waals surface area contributed by atoms with Crippen LogP contribution in [0, 0.1) is 23.7 Å². The third-order valence-corrected chi connectivity index (χ3v) is 20.0. The minimum Gasteiger partial charge on any atom is -0.444 e. The van der Waals surface area contributed by atoms with Crippen molar-refractivity contribution in [3.8, 4) is 0 Å². The molecule has 0 radical (unpaired) electrons. The highest BCUT2D eigenvalue weighted by molar-refractivity contribution is 9.10. The number of imidazole rings is 2. The first-order valence-electron chi connectivity index (χ1n) is 33.8. The van der Waals surface area contributed by atoms with E-state index < -0.39 is 41.2 Å². The number of fused-ring (bicyclic) bond motifs is 4. The number of nitrogens with one attached hydrogen (secondary N) is 1. The average molecular weight is 1500 g/mol. The smallest absolute Gasteiger partial charge is 0.444 e. The minimum atomic E-state index is -1.06. The summed E-state index contributed by atoms with van der Waals surface area (Å²) in [5.74, 6) is 1.71. The Bertz CT molecular complexity index is 3550. The Morgan fingerprint density at radius 1 is 0.577 bits per heavy atom. The molecular weight excluding hydrogens is 1400 g/mol. The van der Waals surface area contributed by atoms with Crippen LogP contribution < -0.4 is 5.32 Å². The zero-order valence-electron chi connectivity index (χ0n) is 56.7. The van der Waals surface area contributed by atoms with E-state index in [4.69, 9.17) is 47.4 Å². The monoisotopic (exact) mass is 1500 g/mol. The molecule has 0 saturated carbocycles. The summed E-state index contributed by atoms with van der Waals surface area (Å²) < 4.78 is 25.8. The van der Waals surface area contributed by atoms with Crippen molar-refractivity contribution in [3.63, 3.8) is 0 Å². The summed E-state index contributed by atoms with van der Waals surface area (Å²) in [5, 5.41) is 5.08. The molecule has 23 heteroatoms. The van der Waals surface area contributed by atoms with Gasteiger partial charge >= 0.3 is 18.4 Å². The Morgan fingerprint density at radius 3 is 1.51 bits per heavy atom. The highest BCUT2D eigenvalue weighted by Gasteiger charge is 2.45. The maximum Gasteiger partial charge on any atom is 0.519 e. The van der Waals surface area contributed by atoms with Crippen molar-refractivity contribution in [1.82, 2.24) is 49.1 Å². The molecule has 97 heavy (non-hydrogen) atoms. The van der Waals surface area contributed by atoms with E-state index in [2.05, 4.69) is 102 Å². The number of nitrogens with zero attached hydrogens (tertiary/aromatic N) is 9. The number of benzene rings is 2. The zero-order valence-corrected chi connectivity index (χ0v) is 61.4. The predicted octanol–water partition coefficient (Wildman–Crippen LogP) is 15.6. The average Bonchev–Trinajstić information content (AvgIpc) is 1.75. The van der Waals surface area contributed by atoms with Crippen LogP contribution in [0.3, 0.4) is 0 Å². The van der Waals surface area contributed by atoms with Crippen molar-refractivity contribution in [2.45, 2.75) is 201 Å². The molecule has 1 N–H and O–H groups in total. The molecule has 0 spiro atoms. The van der Waals surface area contributed by atoms with E-state index in [9.17, 15) is 24.0 Å². The molecule has 2 aliphatic carbocycles. The van der Waals surface area contributed by atoms with Crippen LogP contribution in [0.5, 0.6) is 0 Å². The fourth-order valence-corrected chi connectivity index (χ4v) is 15.8. The van der Waals surface area contributed by atoms with Crippen molar-refractivity contribution in [2.24, 2.45) is 23.7 Å². The minimum absolute atomic E-state index is 0. The number of rotatable bonds is 8. The lowest BCUT2D eigenvalue weighted by atomic mass is 9.74. The summed E-state index contributed by atoms with van der Waals surface area (Å²) in [6.07, 6.45) is 23.6. The van der Waals surface area contributed by atoms with Crippen LogP contribution >= 0.6 is 55.1 Å². The number of amides is 3. The first-order chi connectivity index (χ1) is 45.6. The van der Waals surface area contributed by atoms with Gasteiger partial charge in [0, 0.05) is 114 Å². The summed E-state index contributed by atoms with van der Waals surface area (Å²) >= 11 is 20.1. The molecule has 6 aliphatic rings. The van der Waals surface area contributed by atoms with E-state index in [1.807, 2.05) is 81.4 Å². The number of carbonyl (C=O) groups excluding carboxylic acids is 5. The van der Waals surface area contributed by atoms with Gasteiger partial charge in [0.25, 0.3) is 0 Å². The third-order valence-electron chi connectivity index (χ3n) is 18.6. The number of aromatic nitrogens is 6. The number of piperidine rings is 4. The molecule has 6 aromatic rings. The fourth-order valence-electron chi connectivity index (χ4n) is 14.7. The molecule has 4 aliphatic heterocycles. The first kappa shape index (κ1) is 74.8. The Balaban J connectivity index is 0.000000189. The van der Waals surface area contributed by atoms with Crippen LogP contribution in [0.15, 0.2) is 107 Å². The number of ether oxygens (including phenoxy) is 4. The Hall–Kier alpha value is -6.39. The molecule has 4 fully saturated rings. The van der Waals surface area contributed by atoms with Crippen LogP contribution in [0.25, 0.3) is 0 Å². The Morgan fingerprint density at radius 2 is 1.04 bits per heavy atom. The normalized spacial score (nSPS) is 22.5. The molecule has 0 bridgehead atoms. The van der Waals surface area contributed by atoms with Crippen LogP contribution in [-0.4, -0.2) is 142 Å². The van der Waals surface area contributed by atoms with Gasteiger partial charge in [-0.05, 0) is 271 Å². The van der Waals surface area contributed by atoms with Gasteiger partial charge in [0.15, 0.2) is 0 Å². The summed E-state index contributed by atoms with van der Waals surface area (Å²) in [4.78, 5) is 87.9. The number of likely N-dealkylation sites (tertiary alicyclic amines) is 3. The summed E-state index contributed by atoms with van der Waals surface area (Å²) in [6.45, 7) is 21.7. The quantitative estimate of drug-likeness (QED) is 0.0855. The highest BCUT2D eigenvalue weighted by atomic mass is 79.9. The van der Waals surface area contributed by atoms with Gasteiger partial charge in [-0.1, -0.05) is 42.8 Å². The van der Waals surface area contributed by atoms with Crippen LogP contribution in [0.2, 0.25) is 10.0 Å². The Labute approximate surface area is 599 Å². The predicted molar refractivity (Wildman–Crippen MR) is 383 cm³/mol. The molecule has 19 nitrogen and oxygen atoms in total. The number of pyridine rings is 2. The topological polar surface area (TPSA) is 205 Å². The van der Waals surface area contributed by atoms with Gasteiger partial charge in [0.05, 0.1) is 30.1 Å². The van der Waals surface area contributed by atoms with Gasteiger partial charge in [0.1, 0.15) is 22.8 Å². The van der Waals surface area contributed by atoms with Gasteiger partial charge in [-0.2, -0.15) is 0 Å². The number of aryl methyl sites for hydroxylation is 4. The molecule has 12 rings (SSSR count). The van der Waals surface area contributed by atoms with Crippen molar-refractivity contribution in [2.75, 3.05) is 39.3 Å². The Kier molecular flexibility index (Phi) is 25.3. The van der Waals surface area contributed by atoms with Gasteiger partial charge in [-0.3, -0.25) is 24.5 Å². The molecule has 524 valence electrons. The molecule has 8 atom stereocenters. The molecule has 4 aromatic heterocycles. The third kappa shape index (κ3) is 20.4. The van der Waals surface area contributed by atoms with Crippen molar-refractivity contribution >= 4 is 85.3 Å². The van der Waals surface area contributed by atoms with Crippen LogP contribution in [0.1, 0.15) is 178 Å². The lowest BCUT2D eigenvalue weighted by molar-refractivity contribution is -0.141. The van der Waals surface area contributed by atoms with Gasteiger partial charge < -0.3 is 43.2 Å². The van der Waals surface area contributed by atoms with Crippen LogP contribution in [0.4, 0.5) is 14.4 Å². The maximum atomic E-state index is 14.5. The summed E-state index contributed by atoms with van der Waals surface area (Å²) in [5.41, 5.74) is 7.79. The molecule has 4 unspecified atom stereocenters. The molecule has 2 aromatic carbocycles. The second-order valence-corrected chi connectivity index (χ2v) is 32.1. The van der Waals surface area contributed by atoms with Crippen molar-refractivity contribution < 1.29 is 42.9 Å². The van der Waals surface area contributed by atoms with E-state index in [0.717, 1.165) is 128 Å². The zero-order chi connectivity index (χ0) is 68.6. The molecule has 8 heterocycles. The highest BCUT2D eigenvalue weighted by Crippen LogP contribution is 2.47. The fraction of sp³-hybridized carbons (Fsp3) is 0.554. The van der Waals surface area contributed by atoms with Gasteiger partial charge in [0.2, 0.25) is 11.8 Å². The first-order valence-corrected chi connectivity index (χ1v) is 36.2. The second kappa shape index (κ2) is 32.7. The molecule has 3 amide bonds. The maximum absolute atomic E-state index is 14.5. The van der Waals surface area contributed by atoms with E-state index in [0.29, 0.717) is 43.8 Å². The van der Waals surface area contributed by atoms with E-state index in [1.54, 1.807) is 52.6 Å². The standard InChI is InChI=1S/C34H41BrClN5O3.C29H33BrClN5O.C10H18O5.CH4/c1-34(2,3)44-33(43)41-13-10-24(17-29(41)32(42)40-12-4-5-22(20-40)19-39-14-11-37-21-39)30-28-9-8-27(36)16-23(28)6-7-25-15-26(35)18-38-31(25)30;30-23-12-22-4-3-20-13-24(31)5-6-25(20)27(28(22)34-15-23)21-7-8-33-26(14-21)29(37)36-10-1-2-19(17-36)16-35-11-9-32-18-35;1-9(2,3)14-7(11)13-8(12)15-10(4,5)6;/h8-9,11,14-16,18,21-22,24,29-30H,4-7,10,12-13,17,19-20H2,1-3H3;5-6,9,11-13,15,18-19,21,26-27,33H,1-4,7-8,10,14,16-17H2;1-6H3;1H4/t22-,24?,29?,30+;19-,21?,26?,27+;;/m11../s1. The van der Waals surface area contributed by atoms with Crippen LogP contribution in [-0.2, 0) is 67.3 Å². The van der Waals surface area contributed by atoms with Gasteiger partial charge in [-0.15, -0.1) is 0 Å². The van der Waals surface area contributed by atoms with Crippen molar-refractivity contribution in [1.29, 1.82) is 0 Å². The number of halogens is 4. The number of carbonyl (C=O) groups is 5. The number of hydrogen-bond donors (Lipinski definition) is 1. The molecule has 4 saturated heterocycles. The summed E-state index contributed by atoms with van der Waals surface area (Å²) in [6, 6.07) is 16.2. The van der Waals surface area contributed by atoms with Gasteiger partial charge in [-0.25, -0.2) is 24.4 Å². The SMILES string of the molecule is C.CC(C)(C)OC(=O)N1CCC([C@H]2c3ccc(Cl)cc3CCc3cc(Br)cnc32)CC1C(=O)N1CCC[C@H](Cn2ccnc2)C1.CC(C)(C)OC(=O)OC(=O)OC(C)(C)C.O=C(C1CC([C@H]2c3ccc(Cl)cc3CCc3cc(Br)cnc32)CCN1)N1CCC[C@H](Cn2ccnc2)C1. The number of hydrogen-bond acceptors (Lipinski definition) is 14. The largest absolute Gasteiger partial charge is 0.519 e. The van der Waals surface area contributed by atoms with Crippen molar-refractivity contribution in [3.05, 3.63) is 162 Å².